The molecule has 0 spiro atoms. The van der Waals surface area contributed by atoms with E-state index in [0.717, 1.165) is 16.5 Å². The Balaban J connectivity index is 2.12. The van der Waals surface area contributed by atoms with Gasteiger partial charge in [-0.2, -0.15) is 0 Å². The van der Waals surface area contributed by atoms with Gasteiger partial charge in [0.2, 0.25) is 5.91 Å². The molecule has 1 aliphatic heterocycles. The number of nitrogens with two attached hydrogens (primary N) is 1. The summed E-state index contributed by atoms with van der Waals surface area (Å²) in [6, 6.07) is 9.83. The van der Waals surface area contributed by atoms with Crippen molar-refractivity contribution >= 4 is 22.8 Å². The minimum atomic E-state index is -0.613. The van der Waals surface area contributed by atoms with Gasteiger partial charge >= 0.3 is 0 Å². The van der Waals surface area contributed by atoms with E-state index < -0.39 is 5.54 Å². The lowest BCUT2D eigenvalue weighted by Gasteiger charge is -2.33. The number of aliphatic imine (C=N–C) groups is 1. The Kier molecular flexibility index (Phi) is 2.71. The normalized spacial score (nSPS) is 23.0. The number of amides is 1. The SMILES string of the molecule is CN1C(=O)C[C@@](C)(c2ccc3ncccc3c2)N=C1N. The molecular weight excluding hydrogens is 252 g/mol. The fourth-order valence-corrected chi connectivity index (χ4v) is 2.49. The summed E-state index contributed by atoms with van der Waals surface area (Å²) >= 11 is 0. The Labute approximate surface area is 117 Å². The molecule has 1 aromatic heterocycles. The lowest BCUT2D eigenvalue weighted by Crippen LogP contribution is -2.47. The van der Waals surface area contributed by atoms with E-state index in [1.807, 2.05) is 37.3 Å². The molecule has 5 heteroatoms. The molecule has 1 atom stereocenters. The van der Waals surface area contributed by atoms with Crippen molar-refractivity contribution in [1.82, 2.24) is 9.88 Å². The van der Waals surface area contributed by atoms with Gasteiger partial charge in [-0.25, -0.2) is 4.99 Å². The lowest BCUT2D eigenvalue weighted by atomic mass is 9.87. The van der Waals surface area contributed by atoms with Crippen LogP contribution in [0.5, 0.6) is 0 Å². The molecule has 0 radical (unpaired) electrons. The van der Waals surface area contributed by atoms with Crippen molar-refractivity contribution in [3.63, 3.8) is 0 Å². The third-order valence-corrected chi connectivity index (χ3v) is 3.80. The fraction of sp³-hybridized carbons (Fsp3) is 0.267. The highest BCUT2D eigenvalue weighted by Gasteiger charge is 2.36. The number of pyridine rings is 1. The molecule has 0 aliphatic carbocycles. The van der Waals surface area contributed by atoms with Crippen molar-refractivity contribution in [3.05, 3.63) is 42.1 Å². The van der Waals surface area contributed by atoms with E-state index in [1.54, 1.807) is 13.2 Å². The number of guanidine groups is 1. The van der Waals surface area contributed by atoms with Crippen LogP contribution in [0, 0.1) is 0 Å². The van der Waals surface area contributed by atoms with Gasteiger partial charge < -0.3 is 5.73 Å². The Morgan fingerprint density at radius 2 is 2.15 bits per heavy atom. The van der Waals surface area contributed by atoms with Crippen molar-refractivity contribution < 1.29 is 4.79 Å². The van der Waals surface area contributed by atoms with Gasteiger partial charge in [0.1, 0.15) is 0 Å². The first-order valence-electron chi connectivity index (χ1n) is 6.47. The van der Waals surface area contributed by atoms with Gasteiger partial charge in [-0.1, -0.05) is 12.1 Å². The highest BCUT2D eigenvalue weighted by Crippen LogP contribution is 2.34. The van der Waals surface area contributed by atoms with Crippen LogP contribution in [0.4, 0.5) is 0 Å². The van der Waals surface area contributed by atoms with Crippen LogP contribution >= 0.6 is 0 Å². The minimum Gasteiger partial charge on any atom is -0.369 e. The number of hydrogen-bond acceptors (Lipinski definition) is 4. The Hall–Kier alpha value is -2.43. The number of hydrogen-bond donors (Lipinski definition) is 1. The number of rotatable bonds is 1. The van der Waals surface area contributed by atoms with Crippen LogP contribution in [0.25, 0.3) is 10.9 Å². The average Bonchev–Trinajstić information content (AvgIpc) is 2.44. The number of aromatic nitrogens is 1. The number of carbonyl (C=O) groups is 1. The first kappa shape index (κ1) is 12.6. The summed E-state index contributed by atoms with van der Waals surface area (Å²) in [5.74, 6) is 0.237. The number of benzene rings is 1. The molecule has 0 unspecified atom stereocenters. The topological polar surface area (TPSA) is 71.6 Å². The average molecular weight is 268 g/mol. The van der Waals surface area contributed by atoms with Crippen LogP contribution in [0.15, 0.2) is 41.5 Å². The molecule has 0 bridgehead atoms. The lowest BCUT2D eigenvalue weighted by molar-refractivity contribution is -0.128. The van der Waals surface area contributed by atoms with E-state index in [4.69, 9.17) is 5.73 Å². The predicted molar refractivity (Wildman–Crippen MR) is 78.1 cm³/mol. The largest absolute Gasteiger partial charge is 0.369 e. The Morgan fingerprint density at radius 3 is 2.90 bits per heavy atom. The molecule has 5 nitrogen and oxygen atoms in total. The zero-order valence-corrected chi connectivity index (χ0v) is 11.5. The standard InChI is InChI=1S/C15H16N4O/c1-15(9-13(20)19(2)14(16)18-15)11-5-6-12-10(8-11)4-3-7-17-12/h3-8H,9H2,1-2H3,(H2,16,18)/t15-/m0/s1. The third kappa shape index (κ3) is 1.91. The van der Waals surface area contributed by atoms with Crippen LogP contribution in [0.1, 0.15) is 18.9 Å². The second kappa shape index (κ2) is 4.30. The zero-order valence-electron chi connectivity index (χ0n) is 11.5. The van der Waals surface area contributed by atoms with E-state index in [-0.39, 0.29) is 11.9 Å². The summed E-state index contributed by atoms with van der Waals surface area (Å²) in [5, 5.41) is 1.03. The van der Waals surface area contributed by atoms with Gasteiger partial charge in [0.15, 0.2) is 5.96 Å². The first-order chi connectivity index (χ1) is 9.49. The highest BCUT2D eigenvalue weighted by atomic mass is 16.2. The molecule has 2 heterocycles. The summed E-state index contributed by atoms with van der Waals surface area (Å²) < 4.78 is 0. The highest BCUT2D eigenvalue weighted by molar-refractivity contribution is 5.98. The fourth-order valence-electron chi connectivity index (χ4n) is 2.49. The third-order valence-electron chi connectivity index (χ3n) is 3.80. The molecule has 102 valence electrons. The van der Waals surface area contributed by atoms with Crippen molar-refractivity contribution in [2.24, 2.45) is 10.7 Å². The minimum absolute atomic E-state index is 0.0220. The van der Waals surface area contributed by atoms with Gasteiger partial charge in [-0.3, -0.25) is 14.7 Å². The van der Waals surface area contributed by atoms with E-state index >= 15 is 0 Å². The summed E-state index contributed by atoms with van der Waals surface area (Å²) in [7, 11) is 1.64. The van der Waals surface area contributed by atoms with Crippen LogP contribution in [-0.4, -0.2) is 28.8 Å². The maximum atomic E-state index is 12.0. The van der Waals surface area contributed by atoms with Gasteiger partial charge in [-0.05, 0) is 30.7 Å². The molecule has 1 amide bonds. The number of nitrogens with zero attached hydrogens (tertiary/aromatic N) is 3. The summed E-state index contributed by atoms with van der Waals surface area (Å²) in [5.41, 5.74) is 7.12. The van der Waals surface area contributed by atoms with Crippen LogP contribution in [-0.2, 0) is 10.3 Å². The molecule has 1 aliphatic rings. The molecule has 0 saturated heterocycles. The summed E-state index contributed by atoms with van der Waals surface area (Å²) in [4.78, 5) is 22.2. The molecule has 3 rings (SSSR count). The van der Waals surface area contributed by atoms with Crippen molar-refractivity contribution in [2.45, 2.75) is 18.9 Å². The van der Waals surface area contributed by atoms with Gasteiger partial charge in [-0.15, -0.1) is 0 Å². The van der Waals surface area contributed by atoms with Gasteiger partial charge in [0, 0.05) is 18.6 Å². The summed E-state index contributed by atoms with van der Waals surface area (Å²) in [6.45, 7) is 1.93. The van der Waals surface area contributed by atoms with Crippen LogP contribution in [0.3, 0.4) is 0 Å². The quantitative estimate of drug-likeness (QED) is 0.854. The monoisotopic (exact) mass is 268 g/mol. The number of carbonyl (C=O) groups excluding carboxylic acids is 1. The van der Waals surface area contributed by atoms with Crippen molar-refractivity contribution in [3.8, 4) is 0 Å². The Morgan fingerprint density at radius 1 is 1.35 bits per heavy atom. The molecule has 0 fully saturated rings. The maximum absolute atomic E-state index is 12.0. The van der Waals surface area contributed by atoms with Gasteiger partial charge in [0.05, 0.1) is 17.5 Å². The van der Waals surface area contributed by atoms with Crippen LogP contribution in [0.2, 0.25) is 0 Å². The Bertz CT molecular complexity index is 725. The van der Waals surface area contributed by atoms with Crippen molar-refractivity contribution in [2.75, 3.05) is 7.05 Å². The zero-order chi connectivity index (χ0) is 14.3. The second-order valence-corrected chi connectivity index (χ2v) is 5.28. The number of fused-ring (bicyclic) bond motifs is 1. The van der Waals surface area contributed by atoms with Gasteiger partial charge in [0.25, 0.3) is 0 Å². The van der Waals surface area contributed by atoms with Crippen LogP contribution < -0.4 is 5.73 Å². The predicted octanol–water partition coefficient (Wildman–Crippen LogP) is 1.63. The molecule has 2 aromatic rings. The van der Waals surface area contributed by atoms with E-state index in [9.17, 15) is 4.79 Å². The molecular formula is C15H16N4O. The molecule has 2 N–H and O–H groups in total. The second-order valence-electron chi connectivity index (χ2n) is 5.28. The van der Waals surface area contributed by atoms with E-state index in [1.165, 1.54) is 4.90 Å². The van der Waals surface area contributed by atoms with E-state index in [0.29, 0.717) is 6.42 Å². The molecule has 20 heavy (non-hydrogen) atoms. The smallest absolute Gasteiger partial charge is 0.231 e. The maximum Gasteiger partial charge on any atom is 0.231 e. The molecule has 1 aromatic carbocycles. The first-order valence-corrected chi connectivity index (χ1v) is 6.47. The van der Waals surface area contributed by atoms with E-state index in [2.05, 4.69) is 9.98 Å². The summed E-state index contributed by atoms with van der Waals surface area (Å²) in [6.07, 6.45) is 2.08. The van der Waals surface area contributed by atoms with Crippen molar-refractivity contribution in [1.29, 1.82) is 0 Å². The molecule has 0 saturated carbocycles.